The molecule has 0 radical (unpaired) electrons. The number of hydrogen-bond donors (Lipinski definition) is 1. The van der Waals surface area contributed by atoms with Gasteiger partial charge in [-0.15, -0.1) is 0 Å². The third kappa shape index (κ3) is 2.54. The van der Waals surface area contributed by atoms with Gasteiger partial charge in [0.1, 0.15) is 12.0 Å². The number of hydrogen-bond acceptors (Lipinski definition) is 3. The molecule has 0 aliphatic heterocycles. The third-order valence-corrected chi connectivity index (χ3v) is 3.77. The fourth-order valence-corrected chi connectivity index (χ4v) is 2.71. The van der Waals surface area contributed by atoms with Crippen molar-refractivity contribution in [1.29, 1.82) is 0 Å². The summed E-state index contributed by atoms with van der Waals surface area (Å²) >= 11 is 9.64. The Hall–Kier alpha value is -0.840. The Morgan fingerprint density at radius 2 is 2.06 bits per heavy atom. The van der Waals surface area contributed by atoms with E-state index in [1.54, 1.807) is 6.92 Å². The van der Waals surface area contributed by atoms with Crippen molar-refractivity contribution in [1.82, 2.24) is 5.16 Å². The Labute approximate surface area is 113 Å². The van der Waals surface area contributed by atoms with E-state index >= 15 is 0 Å². The van der Waals surface area contributed by atoms with Crippen LogP contribution in [0.15, 0.2) is 35.1 Å². The molecular formula is C12H11BrClNO2. The van der Waals surface area contributed by atoms with Crippen molar-refractivity contribution >= 4 is 27.5 Å². The van der Waals surface area contributed by atoms with E-state index in [9.17, 15) is 5.11 Å². The highest BCUT2D eigenvalue weighted by Crippen LogP contribution is 2.37. The van der Waals surface area contributed by atoms with Gasteiger partial charge in [-0.05, 0) is 18.6 Å². The summed E-state index contributed by atoms with van der Waals surface area (Å²) in [5.41, 5.74) is 2.20. The fourth-order valence-electron chi connectivity index (χ4n) is 1.59. The van der Waals surface area contributed by atoms with Crippen LogP contribution in [0.3, 0.4) is 0 Å². The summed E-state index contributed by atoms with van der Waals surface area (Å²) in [7, 11) is 0. The summed E-state index contributed by atoms with van der Waals surface area (Å²) in [6.07, 6.45) is 0.823. The quantitative estimate of drug-likeness (QED) is 0.875. The van der Waals surface area contributed by atoms with Crippen LogP contribution in [0, 0.1) is 0 Å². The number of alkyl halides is 1. The highest BCUT2D eigenvalue weighted by Gasteiger charge is 2.22. The molecule has 2 unspecified atom stereocenters. The number of nitrogens with zero attached hydrogens (tertiary/aromatic N) is 1. The van der Waals surface area contributed by atoms with E-state index in [4.69, 9.17) is 16.1 Å². The van der Waals surface area contributed by atoms with E-state index in [0.29, 0.717) is 16.3 Å². The van der Waals surface area contributed by atoms with Crippen molar-refractivity contribution in [3.05, 3.63) is 52.4 Å². The fraction of sp³-hybridized carbons (Fsp3) is 0.250. The molecule has 0 fully saturated rings. The first-order valence-corrected chi connectivity index (χ1v) is 6.41. The SMILES string of the molecule is CC(O)c1conc1C(Br)c1ccccc1Cl. The zero-order valence-corrected chi connectivity index (χ0v) is 11.4. The normalized spacial score (nSPS) is 14.6. The highest BCUT2D eigenvalue weighted by molar-refractivity contribution is 9.09. The van der Waals surface area contributed by atoms with Crippen molar-refractivity contribution in [3.8, 4) is 0 Å². The van der Waals surface area contributed by atoms with Crippen LogP contribution in [0.25, 0.3) is 0 Å². The maximum absolute atomic E-state index is 9.60. The van der Waals surface area contributed by atoms with Crippen LogP contribution >= 0.6 is 27.5 Å². The minimum atomic E-state index is -0.626. The number of halogens is 2. The van der Waals surface area contributed by atoms with E-state index in [1.807, 2.05) is 24.3 Å². The van der Waals surface area contributed by atoms with E-state index < -0.39 is 6.10 Å². The molecule has 0 amide bonds. The van der Waals surface area contributed by atoms with Gasteiger partial charge in [0, 0.05) is 10.6 Å². The predicted molar refractivity (Wildman–Crippen MR) is 69.4 cm³/mol. The standard InChI is InChI=1S/C12H11BrClNO2/c1-7(16)9-6-17-15-12(9)11(13)8-4-2-3-5-10(8)14/h2-7,11,16H,1H3. The maximum Gasteiger partial charge on any atom is 0.129 e. The molecule has 0 bridgehead atoms. The van der Waals surface area contributed by atoms with Crippen LogP contribution in [-0.4, -0.2) is 10.3 Å². The number of aliphatic hydroxyl groups excluding tert-OH is 1. The Balaban J connectivity index is 2.41. The van der Waals surface area contributed by atoms with Crippen LogP contribution in [0.2, 0.25) is 5.02 Å². The first-order valence-electron chi connectivity index (χ1n) is 5.12. The molecule has 2 rings (SSSR count). The molecule has 17 heavy (non-hydrogen) atoms. The molecule has 2 aromatic rings. The summed E-state index contributed by atoms with van der Waals surface area (Å²) in [6, 6.07) is 7.48. The maximum atomic E-state index is 9.60. The van der Waals surface area contributed by atoms with Gasteiger partial charge in [0.25, 0.3) is 0 Å². The summed E-state index contributed by atoms with van der Waals surface area (Å²) in [4.78, 5) is -0.195. The van der Waals surface area contributed by atoms with Gasteiger partial charge in [-0.1, -0.05) is 50.9 Å². The lowest BCUT2D eigenvalue weighted by Crippen LogP contribution is -2.00. The van der Waals surface area contributed by atoms with Crippen molar-refractivity contribution in [2.24, 2.45) is 0 Å². The summed E-state index contributed by atoms with van der Waals surface area (Å²) in [5, 5.41) is 14.2. The molecule has 0 aliphatic rings. The monoisotopic (exact) mass is 315 g/mol. The number of rotatable bonds is 3. The molecule has 2 atom stereocenters. The van der Waals surface area contributed by atoms with Crippen molar-refractivity contribution in [3.63, 3.8) is 0 Å². The molecule has 0 saturated heterocycles. The topological polar surface area (TPSA) is 46.3 Å². The van der Waals surface area contributed by atoms with E-state index in [2.05, 4.69) is 21.1 Å². The smallest absolute Gasteiger partial charge is 0.129 e. The molecule has 0 aliphatic carbocycles. The lowest BCUT2D eigenvalue weighted by atomic mass is 10.0. The van der Waals surface area contributed by atoms with Crippen molar-refractivity contribution < 1.29 is 9.63 Å². The predicted octanol–water partition coefficient (Wildman–Crippen LogP) is 3.87. The number of aliphatic hydroxyl groups is 1. The lowest BCUT2D eigenvalue weighted by molar-refractivity contribution is 0.197. The van der Waals surface area contributed by atoms with Crippen molar-refractivity contribution in [2.75, 3.05) is 0 Å². The summed E-state index contributed by atoms with van der Waals surface area (Å²) in [5.74, 6) is 0. The summed E-state index contributed by atoms with van der Waals surface area (Å²) in [6.45, 7) is 1.67. The van der Waals surface area contributed by atoms with Crippen LogP contribution in [0.1, 0.15) is 34.7 Å². The number of aromatic nitrogens is 1. The Morgan fingerprint density at radius 3 is 2.71 bits per heavy atom. The molecule has 5 heteroatoms. The zero-order valence-electron chi connectivity index (χ0n) is 9.10. The Morgan fingerprint density at radius 1 is 1.35 bits per heavy atom. The largest absolute Gasteiger partial charge is 0.389 e. The average molecular weight is 317 g/mol. The van der Waals surface area contributed by atoms with Gasteiger partial charge in [0.15, 0.2) is 0 Å². The number of benzene rings is 1. The average Bonchev–Trinajstić information content (AvgIpc) is 2.77. The molecule has 0 spiro atoms. The minimum absolute atomic E-state index is 0.195. The first-order chi connectivity index (χ1) is 8.11. The molecule has 1 aromatic carbocycles. The molecule has 0 saturated carbocycles. The lowest BCUT2D eigenvalue weighted by Gasteiger charge is -2.11. The molecule has 1 aromatic heterocycles. The summed E-state index contributed by atoms with van der Waals surface area (Å²) < 4.78 is 4.91. The molecule has 90 valence electrons. The molecule has 3 nitrogen and oxygen atoms in total. The van der Waals surface area contributed by atoms with Gasteiger partial charge in [-0.2, -0.15) is 0 Å². The van der Waals surface area contributed by atoms with E-state index in [0.717, 1.165) is 5.56 Å². The van der Waals surface area contributed by atoms with E-state index in [-0.39, 0.29) is 4.83 Å². The van der Waals surface area contributed by atoms with Crippen molar-refractivity contribution in [2.45, 2.75) is 17.9 Å². The van der Waals surface area contributed by atoms with Gasteiger partial charge in [0.05, 0.1) is 10.9 Å². The minimum Gasteiger partial charge on any atom is -0.389 e. The van der Waals surface area contributed by atoms with Crippen LogP contribution < -0.4 is 0 Å². The Kier molecular flexibility index (Phi) is 3.86. The highest BCUT2D eigenvalue weighted by atomic mass is 79.9. The second-order valence-electron chi connectivity index (χ2n) is 3.72. The van der Waals surface area contributed by atoms with Crippen LogP contribution in [0.4, 0.5) is 0 Å². The van der Waals surface area contributed by atoms with Gasteiger partial charge in [-0.3, -0.25) is 0 Å². The van der Waals surface area contributed by atoms with Crippen LogP contribution in [0.5, 0.6) is 0 Å². The molecular weight excluding hydrogens is 305 g/mol. The van der Waals surface area contributed by atoms with Gasteiger partial charge in [0.2, 0.25) is 0 Å². The van der Waals surface area contributed by atoms with E-state index in [1.165, 1.54) is 6.26 Å². The zero-order chi connectivity index (χ0) is 12.4. The van der Waals surface area contributed by atoms with Gasteiger partial charge in [-0.25, -0.2) is 0 Å². The second-order valence-corrected chi connectivity index (χ2v) is 5.04. The molecule has 1 heterocycles. The van der Waals surface area contributed by atoms with Crippen LogP contribution in [-0.2, 0) is 0 Å². The Bertz CT molecular complexity index is 513. The van der Waals surface area contributed by atoms with Gasteiger partial charge >= 0.3 is 0 Å². The van der Waals surface area contributed by atoms with Gasteiger partial charge < -0.3 is 9.63 Å². The first kappa shape index (κ1) is 12.6. The third-order valence-electron chi connectivity index (χ3n) is 2.49. The second kappa shape index (κ2) is 5.21. The molecule has 1 N–H and O–H groups in total.